The molecule has 1 aliphatic rings. The zero-order valence-electron chi connectivity index (χ0n) is 15.2. The maximum Gasteiger partial charge on any atom is 0.213 e. The third-order valence-corrected chi connectivity index (χ3v) is 4.89. The lowest BCUT2D eigenvalue weighted by Crippen LogP contribution is -2.37. The molecule has 0 radical (unpaired) electrons. The highest BCUT2D eigenvalue weighted by Gasteiger charge is 2.27. The molecule has 0 N–H and O–H groups in total. The van der Waals surface area contributed by atoms with E-state index in [-0.39, 0.29) is 6.04 Å². The molecular formula is C19H24N6O. The van der Waals surface area contributed by atoms with Crippen LogP contribution in [0.3, 0.4) is 0 Å². The van der Waals surface area contributed by atoms with Gasteiger partial charge in [-0.25, -0.2) is 9.97 Å². The van der Waals surface area contributed by atoms with Crippen LogP contribution in [-0.2, 0) is 26.6 Å². The third kappa shape index (κ3) is 3.48. The SMILES string of the molecule is C[C@H]1c2ncc(CCOc3ccccn3)n2CCN1Cc1cnn(C)c1. The van der Waals surface area contributed by atoms with Gasteiger partial charge in [0.05, 0.1) is 18.8 Å². The molecule has 4 heterocycles. The van der Waals surface area contributed by atoms with Crippen molar-refractivity contribution in [1.82, 2.24) is 29.2 Å². The summed E-state index contributed by atoms with van der Waals surface area (Å²) in [4.78, 5) is 11.3. The van der Waals surface area contributed by atoms with Crippen LogP contribution in [0.25, 0.3) is 0 Å². The van der Waals surface area contributed by atoms with Gasteiger partial charge < -0.3 is 9.30 Å². The third-order valence-electron chi connectivity index (χ3n) is 4.89. The first kappa shape index (κ1) is 16.8. The minimum atomic E-state index is 0.286. The molecule has 4 rings (SSSR count). The van der Waals surface area contributed by atoms with Gasteiger partial charge in [-0.2, -0.15) is 5.10 Å². The topological polar surface area (TPSA) is 61.0 Å². The summed E-state index contributed by atoms with van der Waals surface area (Å²) in [6, 6.07) is 5.99. The Balaban J connectivity index is 1.39. The molecule has 0 saturated heterocycles. The number of ether oxygens (including phenoxy) is 1. The molecule has 136 valence electrons. The zero-order valence-corrected chi connectivity index (χ0v) is 15.2. The van der Waals surface area contributed by atoms with Crippen molar-refractivity contribution in [3.63, 3.8) is 0 Å². The van der Waals surface area contributed by atoms with Gasteiger partial charge in [-0.15, -0.1) is 0 Å². The van der Waals surface area contributed by atoms with E-state index >= 15 is 0 Å². The minimum Gasteiger partial charge on any atom is -0.477 e. The molecule has 26 heavy (non-hydrogen) atoms. The maximum absolute atomic E-state index is 5.73. The molecule has 0 amide bonds. The fraction of sp³-hybridized carbons (Fsp3) is 0.421. The Morgan fingerprint density at radius 3 is 2.88 bits per heavy atom. The van der Waals surface area contributed by atoms with Crippen LogP contribution >= 0.6 is 0 Å². The number of hydrogen-bond acceptors (Lipinski definition) is 5. The molecule has 1 atom stereocenters. The van der Waals surface area contributed by atoms with Gasteiger partial charge in [-0.3, -0.25) is 9.58 Å². The molecule has 1 aliphatic heterocycles. The molecular weight excluding hydrogens is 328 g/mol. The molecule has 3 aromatic heterocycles. The second kappa shape index (κ2) is 7.29. The number of hydrogen-bond donors (Lipinski definition) is 0. The molecule has 0 fully saturated rings. The van der Waals surface area contributed by atoms with Crippen molar-refractivity contribution < 1.29 is 4.74 Å². The molecule has 0 aliphatic carbocycles. The summed E-state index contributed by atoms with van der Waals surface area (Å²) in [6.45, 7) is 5.70. The number of imidazole rings is 1. The summed E-state index contributed by atoms with van der Waals surface area (Å²) in [6.07, 6.45) is 8.58. The smallest absolute Gasteiger partial charge is 0.213 e. The average Bonchev–Trinajstić information content (AvgIpc) is 3.25. The predicted octanol–water partition coefficient (Wildman–Crippen LogP) is 2.21. The van der Waals surface area contributed by atoms with Crippen LogP contribution in [-0.4, -0.2) is 42.4 Å². The lowest BCUT2D eigenvalue weighted by Gasteiger charge is -2.34. The standard InChI is InChI=1S/C19H24N6O/c1-15-19-21-12-17(6-10-26-18-5-3-4-7-20-18)25(19)9-8-24(15)14-16-11-22-23(2)13-16/h3-5,7,11-13,15H,6,8-10,14H2,1-2H3/t15-/m0/s1. The van der Waals surface area contributed by atoms with E-state index < -0.39 is 0 Å². The largest absolute Gasteiger partial charge is 0.477 e. The summed E-state index contributed by atoms with van der Waals surface area (Å²) < 4.78 is 9.92. The van der Waals surface area contributed by atoms with Gasteiger partial charge in [0, 0.05) is 69.0 Å². The highest BCUT2D eigenvalue weighted by Crippen LogP contribution is 2.27. The van der Waals surface area contributed by atoms with Crippen molar-refractivity contribution in [2.75, 3.05) is 13.2 Å². The fourth-order valence-corrected chi connectivity index (χ4v) is 3.50. The Bertz CT molecular complexity index is 856. The first-order valence-corrected chi connectivity index (χ1v) is 9.00. The lowest BCUT2D eigenvalue weighted by molar-refractivity contribution is 0.154. The second-order valence-electron chi connectivity index (χ2n) is 6.69. The Hall–Kier alpha value is -2.67. The van der Waals surface area contributed by atoms with Crippen LogP contribution in [0.5, 0.6) is 5.88 Å². The second-order valence-corrected chi connectivity index (χ2v) is 6.69. The summed E-state index contributed by atoms with van der Waals surface area (Å²) in [7, 11) is 1.95. The molecule has 0 aromatic carbocycles. The van der Waals surface area contributed by atoms with Gasteiger partial charge in [0.25, 0.3) is 0 Å². The van der Waals surface area contributed by atoms with Crippen molar-refractivity contribution in [3.05, 3.63) is 60.1 Å². The van der Waals surface area contributed by atoms with Crippen LogP contribution in [0.2, 0.25) is 0 Å². The normalized spacial score (nSPS) is 17.2. The number of pyridine rings is 1. The number of aromatic nitrogens is 5. The number of aryl methyl sites for hydroxylation is 1. The number of nitrogens with zero attached hydrogens (tertiary/aromatic N) is 6. The average molecular weight is 352 g/mol. The first-order valence-electron chi connectivity index (χ1n) is 9.00. The highest BCUT2D eigenvalue weighted by atomic mass is 16.5. The lowest BCUT2D eigenvalue weighted by atomic mass is 10.2. The Morgan fingerprint density at radius 2 is 2.12 bits per heavy atom. The van der Waals surface area contributed by atoms with Crippen LogP contribution in [0.4, 0.5) is 0 Å². The van der Waals surface area contributed by atoms with Crippen LogP contribution in [0.15, 0.2) is 43.0 Å². The Labute approximate surface area is 153 Å². The summed E-state index contributed by atoms with van der Waals surface area (Å²) >= 11 is 0. The van der Waals surface area contributed by atoms with Gasteiger partial charge >= 0.3 is 0 Å². The minimum absolute atomic E-state index is 0.286. The highest BCUT2D eigenvalue weighted by molar-refractivity contribution is 5.14. The first-order chi connectivity index (χ1) is 12.7. The van der Waals surface area contributed by atoms with Gasteiger partial charge in [-0.1, -0.05) is 6.07 Å². The van der Waals surface area contributed by atoms with Crippen LogP contribution in [0.1, 0.15) is 30.0 Å². The zero-order chi connectivity index (χ0) is 17.9. The predicted molar refractivity (Wildman–Crippen MR) is 97.7 cm³/mol. The van der Waals surface area contributed by atoms with Gasteiger partial charge in [0.2, 0.25) is 5.88 Å². The van der Waals surface area contributed by atoms with Gasteiger partial charge in [0.1, 0.15) is 5.82 Å². The van der Waals surface area contributed by atoms with Crippen molar-refractivity contribution >= 4 is 0 Å². The maximum atomic E-state index is 5.73. The van der Waals surface area contributed by atoms with E-state index in [9.17, 15) is 0 Å². The molecule has 0 bridgehead atoms. The quantitative estimate of drug-likeness (QED) is 0.681. The molecule has 7 nitrogen and oxygen atoms in total. The van der Waals surface area contributed by atoms with Crippen LogP contribution < -0.4 is 4.74 Å². The summed E-state index contributed by atoms with van der Waals surface area (Å²) in [5.74, 6) is 1.80. The van der Waals surface area contributed by atoms with E-state index in [0.717, 1.165) is 31.9 Å². The van der Waals surface area contributed by atoms with Crippen LogP contribution in [0, 0.1) is 0 Å². The number of fused-ring (bicyclic) bond motifs is 1. The van der Waals surface area contributed by atoms with Crippen molar-refractivity contribution in [2.45, 2.75) is 32.5 Å². The molecule has 0 saturated carbocycles. The summed E-state index contributed by atoms with van der Waals surface area (Å²) in [5.41, 5.74) is 2.46. The molecule has 0 unspecified atom stereocenters. The van der Waals surface area contributed by atoms with E-state index in [2.05, 4.69) is 37.7 Å². The molecule has 0 spiro atoms. The Morgan fingerprint density at radius 1 is 1.19 bits per heavy atom. The van der Waals surface area contributed by atoms with E-state index in [1.54, 1.807) is 6.20 Å². The van der Waals surface area contributed by atoms with Crippen molar-refractivity contribution in [3.8, 4) is 5.88 Å². The van der Waals surface area contributed by atoms with Gasteiger partial charge in [-0.05, 0) is 13.0 Å². The number of rotatable bonds is 6. The van der Waals surface area contributed by atoms with E-state index in [0.29, 0.717) is 12.5 Å². The molecule has 7 heteroatoms. The van der Waals surface area contributed by atoms with Crippen molar-refractivity contribution in [1.29, 1.82) is 0 Å². The van der Waals surface area contributed by atoms with Crippen molar-refractivity contribution in [2.24, 2.45) is 7.05 Å². The van der Waals surface area contributed by atoms with E-state index in [1.807, 2.05) is 42.3 Å². The monoisotopic (exact) mass is 352 g/mol. The fourth-order valence-electron chi connectivity index (χ4n) is 3.50. The van der Waals surface area contributed by atoms with Gasteiger partial charge in [0.15, 0.2) is 0 Å². The molecule has 3 aromatic rings. The Kier molecular flexibility index (Phi) is 4.71. The van der Waals surface area contributed by atoms with E-state index in [4.69, 9.17) is 4.74 Å². The van der Waals surface area contributed by atoms with E-state index in [1.165, 1.54) is 11.3 Å². The summed E-state index contributed by atoms with van der Waals surface area (Å²) in [5, 5.41) is 4.26.